The van der Waals surface area contributed by atoms with Crippen LogP contribution in [0.15, 0.2) is 36.7 Å². The minimum atomic E-state index is -0.139. The fraction of sp³-hybridized carbons (Fsp3) is 0.353. The quantitative estimate of drug-likeness (QED) is 0.860. The molecule has 0 saturated carbocycles. The van der Waals surface area contributed by atoms with E-state index in [2.05, 4.69) is 51.8 Å². The Balaban J connectivity index is 1.91. The van der Waals surface area contributed by atoms with Gasteiger partial charge in [-0.2, -0.15) is 0 Å². The number of anilines is 1. The molecule has 1 heterocycles. The van der Waals surface area contributed by atoms with E-state index >= 15 is 0 Å². The van der Waals surface area contributed by atoms with E-state index in [0.29, 0.717) is 18.1 Å². The lowest BCUT2D eigenvalue weighted by molar-refractivity contribution is 0.0938. The second-order valence-corrected chi connectivity index (χ2v) is 5.42. The number of benzene rings is 1. The lowest BCUT2D eigenvalue weighted by atomic mass is 10.1. The van der Waals surface area contributed by atoms with Gasteiger partial charge in [0.1, 0.15) is 0 Å². The molecule has 1 aromatic carbocycles. The summed E-state index contributed by atoms with van der Waals surface area (Å²) in [6.45, 7) is 6.71. The Bertz CT molecular complexity index is 608. The Morgan fingerprint density at radius 2 is 1.82 bits per heavy atom. The molecule has 1 atom stereocenters. The smallest absolute Gasteiger partial charge is 0.254 e. The number of aromatic nitrogens is 2. The van der Waals surface area contributed by atoms with E-state index < -0.39 is 0 Å². The van der Waals surface area contributed by atoms with Gasteiger partial charge >= 0.3 is 0 Å². The summed E-state index contributed by atoms with van der Waals surface area (Å²) >= 11 is 0. The number of amides is 1. The van der Waals surface area contributed by atoms with Crippen molar-refractivity contribution < 1.29 is 4.79 Å². The third kappa shape index (κ3) is 4.55. The number of rotatable bonds is 6. The number of hydrogen-bond donors (Lipinski definition) is 2. The van der Waals surface area contributed by atoms with E-state index in [1.165, 1.54) is 5.56 Å². The molecule has 0 radical (unpaired) electrons. The molecular formula is C17H22N4O. The predicted molar refractivity (Wildman–Crippen MR) is 87.8 cm³/mol. The number of carbonyl (C=O) groups is 1. The number of nitrogens with one attached hydrogen (secondary N) is 2. The van der Waals surface area contributed by atoms with Crippen molar-refractivity contribution in [2.45, 2.75) is 39.8 Å². The number of carbonyl (C=O) groups excluding carboxylic acids is 1. The maximum Gasteiger partial charge on any atom is 0.254 e. The summed E-state index contributed by atoms with van der Waals surface area (Å²) < 4.78 is 0. The van der Waals surface area contributed by atoms with E-state index in [1.807, 2.05) is 13.8 Å². The van der Waals surface area contributed by atoms with Gasteiger partial charge in [0, 0.05) is 25.0 Å². The summed E-state index contributed by atoms with van der Waals surface area (Å²) in [7, 11) is 0. The molecule has 0 aliphatic heterocycles. The fourth-order valence-corrected chi connectivity index (χ4v) is 1.83. The Hall–Kier alpha value is -2.43. The summed E-state index contributed by atoms with van der Waals surface area (Å²) in [5, 5.41) is 6.03. The molecular weight excluding hydrogens is 276 g/mol. The van der Waals surface area contributed by atoms with Gasteiger partial charge in [0.25, 0.3) is 5.91 Å². The fourth-order valence-electron chi connectivity index (χ4n) is 1.83. The van der Waals surface area contributed by atoms with Crippen molar-refractivity contribution in [3.05, 3.63) is 53.3 Å². The second kappa shape index (κ2) is 7.54. The van der Waals surface area contributed by atoms with E-state index in [4.69, 9.17) is 0 Å². The summed E-state index contributed by atoms with van der Waals surface area (Å²) in [6.07, 6.45) is 3.98. The van der Waals surface area contributed by atoms with Crippen molar-refractivity contribution in [3.8, 4) is 0 Å². The molecule has 0 saturated heterocycles. The van der Waals surface area contributed by atoms with Crippen LogP contribution in [0.5, 0.6) is 0 Å². The van der Waals surface area contributed by atoms with Crippen LogP contribution < -0.4 is 10.6 Å². The highest BCUT2D eigenvalue weighted by molar-refractivity contribution is 5.93. The maximum atomic E-state index is 11.9. The van der Waals surface area contributed by atoms with Crippen LogP contribution in [0.3, 0.4) is 0 Å². The molecule has 1 amide bonds. The van der Waals surface area contributed by atoms with Crippen LogP contribution >= 0.6 is 0 Å². The van der Waals surface area contributed by atoms with Crippen molar-refractivity contribution in [2.75, 3.05) is 5.32 Å². The van der Waals surface area contributed by atoms with Crippen LogP contribution in [0, 0.1) is 6.92 Å². The molecule has 22 heavy (non-hydrogen) atoms. The summed E-state index contributed by atoms with van der Waals surface area (Å²) in [4.78, 5) is 20.3. The second-order valence-electron chi connectivity index (χ2n) is 5.42. The van der Waals surface area contributed by atoms with Crippen LogP contribution in [0.2, 0.25) is 0 Å². The molecule has 5 heteroatoms. The molecule has 1 aromatic heterocycles. The first-order chi connectivity index (χ1) is 10.6. The van der Waals surface area contributed by atoms with Crippen molar-refractivity contribution in [1.82, 2.24) is 15.3 Å². The number of nitrogens with zero attached hydrogens (tertiary/aromatic N) is 2. The molecule has 0 spiro atoms. The van der Waals surface area contributed by atoms with Crippen LogP contribution in [-0.2, 0) is 6.54 Å². The first-order valence-electron chi connectivity index (χ1n) is 7.50. The first-order valence-corrected chi connectivity index (χ1v) is 7.50. The Labute approximate surface area is 131 Å². The molecule has 0 bridgehead atoms. The zero-order valence-electron chi connectivity index (χ0n) is 13.3. The molecule has 0 fully saturated rings. The third-order valence-electron chi connectivity index (χ3n) is 3.48. The van der Waals surface area contributed by atoms with Gasteiger partial charge in [0.2, 0.25) is 5.95 Å². The van der Waals surface area contributed by atoms with Gasteiger partial charge in [-0.25, -0.2) is 9.97 Å². The van der Waals surface area contributed by atoms with Gasteiger partial charge in [0.15, 0.2) is 0 Å². The van der Waals surface area contributed by atoms with E-state index in [1.54, 1.807) is 12.4 Å². The Morgan fingerprint density at radius 1 is 1.18 bits per heavy atom. The van der Waals surface area contributed by atoms with Crippen LogP contribution in [0.1, 0.15) is 41.8 Å². The number of hydrogen-bond acceptors (Lipinski definition) is 4. The van der Waals surface area contributed by atoms with Crippen LogP contribution in [-0.4, -0.2) is 21.9 Å². The van der Waals surface area contributed by atoms with Crippen LogP contribution in [0.25, 0.3) is 0 Å². The van der Waals surface area contributed by atoms with Crippen molar-refractivity contribution in [3.63, 3.8) is 0 Å². The first kappa shape index (κ1) is 15.9. The van der Waals surface area contributed by atoms with Gasteiger partial charge in [-0.3, -0.25) is 4.79 Å². The van der Waals surface area contributed by atoms with Gasteiger partial charge in [0.05, 0.1) is 5.56 Å². The zero-order chi connectivity index (χ0) is 15.9. The highest BCUT2D eigenvalue weighted by Gasteiger charge is 2.09. The van der Waals surface area contributed by atoms with Crippen LogP contribution in [0.4, 0.5) is 5.95 Å². The summed E-state index contributed by atoms with van der Waals surface area (Å²) in [5.74, 6) is 0.375. The average Bonchev–Trinajstić information content (AvgIpc) is 2.54. The zero-order valence-corrected chi connectivity index (χ0v) is 13.3. The van der Waals surface area contributed by atoms with E-state index in [0.717, 1.165) is 12.0 Å². The highest BCUT2D eigenvalue weighted by atomic mass is 16.1. The molecule has 1 unspecified atom stereocenters. The van der Waals surface area contributed by atoms with Gasteiger partial charge in [-0.15, -0.1) is 0 Å². The Kier molecular flexibility index (Phi) is 5.47. The summed E-state index contributed by atoms with van der Waals surface area (Å²) in [6, 6.07) is 8.42. The SMILES string of the molecule is CCC(C)NC(=O)c1cnc(NCc2ccc(C)cc2)nc1. The average molecular weight is 298 g/mol. The lowest BCUT2D eigenvalue weighted by Gasteiger charge is -2.11. The molecule has 5 nitrogen and oxygen atoms in total. The number of aryl methyl sites for hydroxylation is 1. The molecule has 2 N–H and O–H groups in total. The standard InChI is InChI=1S/C17H22N4O/c1-4-13(3)21-16(22)15-10-19-17(20-11-15)18-9-14-7-5-12(2)6-8-14/h5-8,10-11,13H,4,9H2,1-3H3,(H,21,22)(H,18,19,20). The van der Waals surface area contributed by atoms with Gasteiger partial charge < -0.3 is 10.6 Å². The van der Waals surface area contributed by atoms with E-state index in [-0.39, 0.29) is 11.9 Å². The highest BCUT2D eigenvalue weighted by Crippen LogP contribution is 2.06. The molecule has 2 aromatic rings. The Morgan fingerprint density at radius 3 is 2.41 bits per heavy atom. The summed E-state index contributed by atoms with van der Waals surface area (Å²) in [5.41, 5.74) is 2.87. The predicted octanol–water partition coefficient (Wildman–Crippen LogP) is 2.93. The van der Waals surface area contributed by atoms with Crippen molar-refractivity contribution in [1.29, 1.82) is 0 Å². The molecule has 0 aliphatic carbocycles. The van der Waals surface area contributed by atoms with Gasteiger partial charge in [-0.1, -0.05) is 36.8 Å². The molecule has 116 valence electrons. The van der Waals surface area contributed by atoms with E-state index in [9.17, 15) is 4.79 Å². The molecule has 2 rings (SSSR count). The largest absolute Gasteiger partial charge is 0.350 e. The maximum absolute atomic E-state index is 11.9. The van der Waals surface area contributed by atoms with Crippen molar-refractivity contribution >= 4 is 11.9 Å². The third-order valence-corrected chi connectivity index (χ3v) is 3.48. The van der Waals surface area contributed by atoms with Gasteiger partial charge in [-0.05, 0) is 25.8 Å². The topological polar surface area (TPSA) is 66.9 Å². The normalized spacial score (nSPS) is 11.8. The molecule has 0 aliphatic rings. The minimum absolute atomic E-state index is 0.139. The lowest BCUT2D eigenvalue weighted by Crippen LogP contribution is -2.32. The monoisotopic (exact) mass is 298 g/mol. The minimum Gasteiger partial charge on any atom is -0.350 e. The van der Waals surface area contributed by atoms with Crippen molar-refractivity contribution in [2.24, 2.45) is 0 Å².